The Labute approximate surface area is 172 Å². The van der Waals surface area contributed by atoms with Crippen LogP contribution in [-0.4, -0.2) is 51.6 Å². The summed E-state index contributed by atoms with van der Waals surface area (Å²) >= 11 is 0. The Balaban J connectivity index is 1.60. The van der Waals surface area contributed by atoms with Crippen molar-refractivity contribution in [3.8, 4) is 0 Å². The van der Waals surface area contributed by atoms with Crippen molar-refractivity contribution in [3.05, 3.63) is 30.1 Å². The molecule has 2 heterocycles. The quantitative estimate of drug-likeness (QED) is 0.817. The molecule has 7 nitrogen and oxygen atoms in total. The summed E-state index contributed by atoms with van der Waals surface area (Å²) in [5.41, 5.74) is 1.42. The smallest absolute Gasteiger partial charge is 0.408 e. The molecule has 7 heteroatoms. The minimum atomic E-state index is -0.598. The van der Waals surface area contributed by atoms with Crippen LogP contribution in [0.15, 0.2) is 24.3 Å². The van der Waals surface area contributed by atoms with Gasteiger partial charge in [0.25, 0.3) is 0 Å². The zero-order valence-electron chi connectivity index (χ0n) is 18.0. The number of ether oxygens (including phenoxy) is 1. The maximum absolute atomic E-state index is 13.1. The summed E-state index contributed by atoms with van der Waals surface area (Å²) in [5, 5.41) is 2.76. The molecule has 1 aromatic carbocycles. The number of aromatic amines is 1. The lowest BCUT2D eigenvalue weighted by Crippen LogP contribution is -2.53. The van der Waals surface area contributed by atoms with Crippen LogP contribution in [0.3, 0.4) is 0 Å². The number of imidazole rings is 1. The van der Waals surface area contributed by atoms with Gasteiger partial charge in [-0.1, -0.05) is 26.0 Å². The molecule has 2 N–H and O–H groups in total. The van der Waals surface area contributed by atoms with Crippen LogP contribution in [0.5, 0.6) is 0 Å². The summed E-state index contributed by atoms with van der Waals surface area (Å²) in [6, 6.07) is 7.42. The minimum absolute atomic E-state index is 0.0249. The molecular weight excluding hydrogens is 368 g/mol. The Hall–Kier alpha value is -2.57. The standard InChI is InChI=1S/C22H32N4O3/c1-14(2)18(25-21(28)29-22(3,4)5)20(27)26-12-10-15(11-13-26)19-23-16-8-6-7-9-17(16)24-19/h6-9,14-15,18H,10-13H2,1-5H3,(H,23,24)(H,25,28)/t18-/m0/s1. The second-order valence-corrected chi connectivity index (χ2v) is 9.11. The number of fused-ring (bicyclic) bond motifs is 1. The van der Waals surface area contributed by atoms with Crippen LogP contribution in [0.1, 0.15) is 59.2 Å². The average Bonchev–Trinajstić information content (AvgIpc) is 3.08. The summed E-state index contributed by atoms with van der Waals surface area (Å²) < 4.78 is 5.33. The van der Waals surface area contributed by atoms with Crippen LogP contribution in [0, 0.1) is 5.92 Å². The number of nitrogens with zero attached hydrogens (tertiary/aromatic N) is 2. The van der Waals surface area contributed by atoms with Crippen LogP contribution in [-0.2, 0) is 9.53 Å². The fraction of sp³-hybridized carbons (Fsp3) is 0.591. The maximum Gasteiger partial charge on any atom is 0.408 e. The van der Waals surface area contributed by atoms with Gasteiger partial charge in [0.2, 0.25) is 5.91 Å². The van der Waals surface area contributed by atoms with Gasteiger partial charge in [-0.15, -0.1) is 0 Å². The van der Waals surface area contributed by atoms with E-state index in [1.165, 1.54) is 0 Å². The third-order valence-corrected chi connectivity index (χ3v) is 5.21. The molecule has 1 aromatic heterocycles. The van der Waals surface area contributed by atoms with Gasteiger partial charge in [0.05, 0.1) is 11.0 Å². The van der Waals surface area contributed by atoms with Gasteiger partial charge >= 0.3 is 6.09 Å². The number of rotatable bonds is 4. The summed E-state index contributed by atoms with van der Waals surface area (Å²) in [6.45, 7) is 10.6. The fourth-order valence-corrected chi connectivity index (χ4v) is 3.68. The van der Waals surface area contributed by atoms with Crippen molar-refractivity contribution < 1.29 is 14.3 Å². The lowest BCUT2D eigenvalue weighted by atomic mass is 9.94. The first kappa shape index (κ1) is 21.1. The van der Waals surface area contributed by atoms with E-state index < -0.39 is 17.7 Å². The molecule has 0 radical (unpaired) electrons. The van der Waals surface area contributed by atoms with Crippen LogP contribution in [0.4, 0.5) is 4.79 Å². The Bertz CT molecular complexity index is 827. The molecule has 158 valence electrons. The van der Waals surface area contributed by atoms with E-state index in [1.807, 2.05) is 63.8 Å². The van der Waals surface area contributed by atoms with Gasteiger partial charge in [-0.3, -0.25) is 4.79 Å². The number of para-hydroxylation sites is 2. The van der Waals surface area contributed by atoms with E-state index in [2.05, 4.69) is 10.3 Å². The fourth-order valence-electron chi connectivity index (χ4n) is 3.68. The predicted octanol–water partition coefficient (Wildman–Crippen LogP) is 3.82. The van der Waals surface area contributed by atoms with Crippen molar-refractivity contribution in [2.45, 2.75) is 65.0 Å². The molecule has 1 saturated heterocycles. The molecule has 3 rings (SSSR count). The van der Waals surface area contributed by atoms with E-state index in [9.17, 15) is 9.59 Å². The maximum atomic E-state index is 13.1. The zero-order valence-corrected chi connectivity index (χ0v) is 18.0. The summed E-state index contributed by atoms with van der Waals surface area (Å²) in [5.74, 6) is 1.23. The van der Waals surface area contributed by atoms with Crippen molar-refractivity contribution in [2.24, 2.45) is 5.92 Å². The first-order valence-corrected chi connectivity index (χ1v) is 10.4. The largest absolute Gasteiger partial charge is 0.444 e. The molecule has 1 fully saturated rings. The first-order valence-electron chi connectivity index (χ1n) is 10.4. The van der Waals surface area contributed by atoms with Gasteiger partial charge in [0.1, 0.15) is 17.5 Å². The number of aromatic nitrogens is 2. The van der Waals surface area contributed by atoms with Crippen LogP contribution in [0.25, 0.3) is 11.0 Å². The number of benzene rings is 1. The van der Waals surface area contributed by atoms with Gasteiger partial charge in [-0.2, -0.15) is 0 Å². The molecule has 2 aromatic rings. The van der Waals surface area contributed by atoms with Gasteiger partial charge in [-0.25, -0.2) is 9.78 Å². The molecule has 1 aliphatic rings. The zero-order chi connectivity index (χ0) is 21.2. The number of hydrogen-bond donors (Lipinski definition) is 2. The SMILES string of the molecule is CC(C)[C@H](NC(=O)OC(C)(C)C)C(=O)N1CCC(c2nc3ccccc3[nH]2)CC1. The Kier molecular flexibility index (Phi) is 6.15. The van der Waals surface area contributed by atoms with Crippen LogP contribution >= 0.6 is 0 Å². The van der Waals surface area contributed by atoms with Crippen molar-refractivity contribution in [3.63, 3.8) is 0 Å². The lowest BCUT2D eigenvalue weighted by molar-refractivity contribution is -0.135. The summed E-state index contributed by atoms with van der Waals surface area (Å²) in [4.78, 5) is 35.2. The normalized spacial score (nSPS) is 16.8. The molecule has 1 atom stereocenters. The van der Waals surface area contributed by atoms with E-state index in [0.717, 1.165) is 29.7 Å². The summed E-state index contributed by atoms with van der Waals surface area (Å²) in [6.07, 6.45) is 1.15. The molecule has 0 aliphatic carbocycles. The van der Waals surface area contributed by atoms with Crippen molar-refractivity contribution in [2.75, 3.05) is 13.1 Å². The molecule has 0 bridgehead atoms. The third-order valence-electron chi connectivity index (χ3n) is 5.21. The van der Waals surface area contributed by atoms with Gasteiger partial charge in [0, 0.05) is 19.0 Å². The number of carbonyl (C=O) groups is 2. The number of carbonyl (C=O) groups excluding carboxylic acids is 2. The molecule has 2 amide bonds. The number of alkyl carbamates (subject to hydrolysis) is 1. The Morgan fingerprint density at radius 3 is 2.45 bits per heavy atom. The van der Waals surface area contributed by atoms with E-state index in [4.69, 9.17) is 9.72 Å². The van der Waals surface area contributed by atoms with Crippen molar-refractivity contribution in [1.82, 2.24) is 20.2 Å². The topological polar surface area (TPSA) is 87.3 Å². The molecule has 29 heavy (non-hydrogen) atoms. The second-order valence-electron chi connectivity index (χ2n) is 9.11. The number of H-pyrrole nitrogens is 1. The second kappa shape index (κ2) is 8.43. The average molecular weight is 401 g/mol. The molecule has 0 unspecified atom stereocenters. The van der Waals surface area contributed by atoms with Gasteiger partial charge < -0.3 is 19.9 Å². The van der Waals surface area contributed by atoms with E-state index >= 15 is 0 Å². The number of likely N-dealkylation sites (tertiary alicyclic amines) is 1. The highest BCUT2D eigenvalue weighted by Crippen LogP contribution is 2.28. The Morgan fingerprint density at radius 2 is 1.86 bits per heavy atom. The van der Waals surface area contributed by atoms with E-state index in [-0.39, 0.29) is 11.8 Å². The highest BCUT2D eigenvalue weighted by Gasteiger charge is 2.33. The molecule has 0 saturated carbocycles. The summed E-state index contributed by atoms with van der Waals surface area (Å²) in [7, 11) is 0. The highest BCUT2D eigenvalue weighted by molar-refractivity contribution is 5.86. The van der Waals surface area contributed by atoms with Gasteiger partial charge in [0.15, 0.2) is 0 Å². The highest BCUT2D eigenvalue weighted by atomic mass is 16.6. The minimum Gasteiger partial charge on any atom is -0.444 e. The van der Waals surface area contributed by atoms with E-state index in [0.29, 0.717) is 19.0 Å². The molecule has 0 spiro atoms. The third kappa shape index (κ3) is 5.28. The van der Waals surface area contributed by atoms with Gasteiger partial charge in [-0.05, 0) is 51.7 Å². The first-order chi connectivity index (χ1) is 13.6. The monoisotopic (exact) mass is 400 g/mol. The predicted molar refractivity (Wildman–Crippen MR) is 113 cm³/mol. The molecular formula is C22H32N4O3. The number of nitrogens with one attached hydrogen (secondary N) is 2. The van der Waals surface area contributed by atoms with Crippen LogP contribution in [0.2, 0.25) is 0 Å². The lowest BCUT2D eigenvalue weighted by Gasteiger charge is -2.35. The van der Waals surface area contributed by atoms with Crippen LogP contribution < -0.4 is 5.32 Å². The number of piperidine rings is 1. The van der Waals surface area contributed by atoms with E-state index in [1.54, 1.807) is 0 Å². The number of hydrogen-bond acceptors (Lipinski definition) is 4. The van der Waals surface area contributed by atoms with Crippen molar-refractivity contribution >= 4 is 23.0 Å². The molecule has 1 aliphatic heterocycles. The van der Waals surface area contributed by atoms with Crippen molar-refractivity contribution in [1.29, 1.82) is 0 Å². The number of amides is 2. The Morgan fingerprint density at radius 1 is 1.21 bits per heavy atom.